The summed E-state index contributed by atoms with van der Waals surface area (Å²) in [5.74, 6) is 0. The Kier molecular flexibility index (Phi) is 4.28. The molecular formula is C9H6Br6O2. The van der Waals surface area contributed by atoms with Crippen LogP contribution in [-0.4, -0.2) is 35.3 Å². The van der Waals surface area contributed by atoms with Crippen molar-refractivity contribution in [1.82, 2.24) is 0 Å². The van der Waals surface area contributed by atoms with Gasteiger partial charge < -0.3 is 10.2 Å². The normalized spacial score (nSPS) is 39.5. The summed E-state index contributed by atoms with van der Waals surface area (Å²) in [5.41, 5.74) is 1.47. The van der Waals surface area contributed by atoms with E-state index in [1.54, 1.807) is 0 Å². The zero-order chi connectivity index (χ0) is 13.2. The third-order valence-corrected chi connectivity index (χ3v) is 14.2. The second-order valence-corrected chi connectivity index (χ2v) is 11.2. The Bertz CT molecular complexity index is 418. The van der Waals surface area contributed by atoms with Gasteiger partial charge in [0, 0.05) is 8.96 Å². The maximum atomic E-state index is 9.59. The molecule has 2 rings (SSSR count). The van der Waals surface area contributed by atoms with Crippen molar-refractivity contribution in [3.05, 3.63) is 20.1 Å². The Labute approximate surface area is 149 Å². The fourth-order valence-electron chi connectivity index (χ4n) is 2.28. The maximum Gasteiger partial charge on any atom is 0.128 e. The van der Waals surface area contributed by atoms with Crippen LogP contribution in [0, 0.1) is 0 Å². The van der Waals surface area contributed by atoms with Gasteiger partial charge in [0.05, 0.1) is 13.2 Å². The summed E-state index contributed by atoms with van der Waals surface area (Å²) >= 11 is 21.7. The number of halogens is 6. The number of rotatable bonds is 2. The van der Waals surface area contributed by atoms with Crippen molar-refractivity contribution in [2.45, 2.75) is 11.9 Å². The van der Waals surface area contributed by atoms with Gasteiger partial charge in [0.25, 0.3) is 0 Å². The minimum absolute atomic E-state index is 0.136. The van der Waals surface area contributed by atoms with E-state index in [0.717, 1.165) is 20.1 Å². The number of allylic oxidation sites excluding steroid dienone is 2. The predicted molar refractivity (Wildman–Crippen MR) is 90.0 cm³/mol. The summed E-state index contributed by atoms with van der Waals surface area (Å²) in [7, 11) is 0. The molecule has 2 unspecified atom stereocenters. The lowest BCUT2D eigenvalue weighted by Gasteiger charge is -2.35. The lowest BCUT2D eigenvalue weighted by atomic mass is 9.98. The van der Waals surface area contributed by atoms with Crippen molar-refractivity contribution in [2.24, 2.45) is 0 Å². The highest BCUT2D eigenvalue weighted by Gasteiger charge is 2.75. The highest BCUT2D eigenvalue weighted by Crippen LogP contribution is 2.76. The molecule has 0 saturated heterocycles. The molecular weight excluding hydrogens is 620 g/mol. The van der Waals surface area contributed by atoms with Crippen molar-refractivity contribution >= 4 is 95.6 Å². The Morgan fingerprint density at radius 3 is 1.29 bits per heavy atom. The van der Waals surface area contributed by atoms with E-state index in [2.05, 4.69) is 95.6 Å². The van der Waals surface area contributed by atoms with Crippen molar-refractivity contribution in [2.75, 3.05) is 13.2 Å². The quantitative estimate of drug-likeness (QED) is 0.360. The van der Waals surface area contributed by atoms with Crippen LogP contribution in [0.25, 0.3) is 0 Å². The zero-order valence-corrected chi connectivity index (χ0v) is 17.6. The molecule has 0 aromatic heterocycles. The highest BCUT2D eigenvalue weighted by atomic mass is 79.9. The molecule has 17 heavy (non-hydrogen) atoms. The van der Waals surface area contributed by atoms with Gasteiger partial charge in [-0.3, -0.25) is 0 Å². The fourth-order valence-corrected chi connectivity index (χ4v) is 9.29. The van der Waals surface area contributed by atoms with E-state index in [9.17, 15) is 10.2 Å². The molecule has 0 fully saturated rings. The molecule has 0 heterocycles. The van der Waals surface area contributed by atoms with Crippen LogP contribution in [0.5, 0.6) is 0 Å². The Morgan fingerprint density at radius 2 is 1.06 bits per heavy atom. The minimum Gasteiger partial charge on any atom is -0.392 e. The number of alkyl halides is 4. The van der Waals surface area contributed by atoms with Crippen LogP contribution in [0.15, 0.2) is 20.1 Å². The molecule has 0 spiro atoms. The molecule has 2 aliphatic rings. The standard InChI is InChI=1S/C9H6Br6O2/c10-5-6(11)8(13)4(2-17)3(1-16)7(5,12)9(8,14)15/h16-17H,1-2H2. The van der Waals surface area contributed by atoms with E-state index in [0.29, 0.717) is 0 Å². The van der Waals surface area contributed by atoms with E-state index < -0.39 is 11.9 Å². The second kappa shape index (κ2) is 4.64. The Morgan fingerprint density at radius 1 is 0.765 bits per heavy atom. The molecule has 2 bridgehead atoms. The molecule has 0 saturated carbocycles. The smallest absolute Gasteiger partial charge is 0.128 e. The molecule has 2 atom stereocenters. The molecule has 0 aromatic carbocycles. The van der Waals surface area contributed by atoms with Crippen LogP contribution in [0.4, 0.5) is 0 Å². The largest absolute Gasteiger partial charge is 0.392 e. The van der Waals surface area contributed by atoms with E-state index in [1.807, 2.05) is 0 Å². The molecule has 0 amide bonds. The SMILES string of the molecule is OCC1=C(CO)C2(Br)C(Br)=C(Br)C1(Br)C2(Br)Br. The van der Waals surface area contributed by atoms with Crippen LogP contribution in [0.3, 0.4) is 0 Å². The second-order valence-electron chi connectivity index (χ2n) is 3.79. The lowest BCUT2D eigenvalue weighted by molar-refractivity contribution is 0.308. The molecule has 8 heteroatoms. The molecule has 96 valence electrons. The topological polar surface area (TPSA) is 40.5 Å². The van der Waals surface area contributed by atoms with Crippen LogP contribution in [-0.2, 0) is 0 Å². The zero-order valence-electron chi connectivity index (χ0n) is 8.08. The van der Waals surface area contributed by atoms with Gasteiger partial charge in [0.15, 0.2) is 0 Å². The Hall–Kier alpha value is 2.28. The third kappa shape index (κ3) is 1.53. The van der Waals surface area contributed by atoms with E-state index in [4.69, 9.17) is 0 Å². The van der Waals surface area contributed by atoms with E-state index in [1.165, 1.54) is 0 Å². The molecule has 0 aliphatic heterocycles. The van der Waals surface area contributed by atoms with Crippen molar-refractivity contribution in [1.29, 1.82) is 0 Å². The molecule has 0 radical (unpaired) electrons. The van der Waals surface area contributed by atoms with Gasteiger partial charge in [-0.05, 0) is 11.1 Å². The average molecular weight is 626 g/mol. The van der Waals surface area contributed by atoms with Gasteiger partial charge in [-0.25, -0.2) is 0 Å². The molecule has 2 aliphatic carbocycles. The number of hydrogen-bond donors (Lipinski definition) is 2. The Balaban J connectivity index is 2.81. The van der Waals surface area contributed by atoms with Crippen molar-refractivity contribution in [3.8, 4) is 0 Å². The first-order chi connectivity index (χ1) is 7.71. The van der Waals surface area contributed by atoms with Gasteiger partial charge in [0.1, 0.15) is 11.9 Å². The number of aliphatic hydroxyl groups excluding tert-OH is 2. The van der Waals surface area contributed by atoms with E-state index in [-0.39, 0.29) is 13.2 Å². The fraction of sp³-hybridized carbons (Fsp3) is 0.556. The summed E-state index contributed by atoms with van der Waals surface area (Å²) in [6.45, 7) is -0.272. The average Bonchev–Trinajstić information content (AvgIpc) is 2.48. The predicted octanol–water partition coefficient (Wildman–Crippen LogP) is 4.05. The molecule has 2 N–H and O–H groups in total. The maximum absolute atomic E-state index is 9.59. The van der Waals surface area contributed by atoms with Crippen LogP contribution < -0.4 is 0 Å². The first kappa shape index (κ1) is 15.7. The summed E-state index contributed by atoms with van der Waals surface area (Å²) in [4.78, 5) is 0. The van der Waals surface area contributed by atoms with Crippen LogP contribution in [0.1, 0.15) is 0 Å². The van der Waals surface area contributed by atoms with Gasteiger partial charge in [0.2, 0.25) is 0 Å². The van der Waals surface area contributed by atoms with Gasteiger partial charge in [-0.2, -0.15) is 0 Å². The van der Waals surface area contributed by atoms with E-state index >= 15 is 0 Å². The van der Waals surface area contributed by atoms with Gasteiger partial charge in [-0.1, -0.05) is 95.6 Å². The molecule has 0 aromatic rings. The van der Waals surface area contributed by atoms with Gasteiger partial charge in [-0.15, -0.1) is 0 Å². The minimum atomic E-state index is -0.644. The van der Waals surface area contributed by atoms with Crippen molar-refractivity contribution < 1.29 is 10.2 Å². The van der Waals surface area contributed by atoms with Crippen LogP contribution in [0.2, 0.25) is 0 Å². The highest BCUT2D eigenvalue weighted by molar-refractivity contribution is 9.27. The monoisotopic (exact) mass is 620 g/mol. The summed E-state index contributed by atoms with van der Waals surface area (Å²) in [6.07, 6.45) is 0. The first-order valence-corrected chi connectivity index (χ1v) is 9.23. The summed E-state index contributed by atoms with van der Waals surface area (Å²) < 4.78 is -0.160. The number of fused-ring (bicyclic) bond motifs is 2. The number of hydrogen-bond acceptors (Lipinski definition) is 2. The van der Waals surface area contributed by atoms with Crippen molar-refractivity contribution in [3.63, 3.8) is 0 Å². The van der Waals surface area contributed by atoms with Gasteiger partial charge >= 0.3 is 0 Å². The third-order valence-electron chi connectivity index (χ3n) is 3.18. The lowest BCUT2D eigenvalue weighted by Crippen LogP contribution is -2.44. The summed E-state index contributed by atoms with van der Waals surface area (Å²) in [5, 5.41) is 19.2. The van der Waals surface area contributed by atoms with Crippen LogP contribution >= 0.6 is 95.6 Å². The number of aliphatic hydroxyl groups is 2. The summed E-state index contributed by atoms with van der Waals surface area (Å²) in [6, 6.07) is 0. The molecule has 2 nitrogen and oxygen atoms in total. The first-order valence-electron chi connectivity index (χ1n) is 4.47.